The number of cyclic esters (lactones) is 1. The van der Waals surface area contributed by atoms with Gasteiger partial charge in [0.2, 0.25) is 0 Å². The van der Waals surface area contributed by atoms with Crippen molar-refractivity contribution < 1.29 is 33.8 Å². The molecule has 0 aliphatic carbocycles. The zero-order chi connectivity index (χ0) is 23.4. The molecular weight excluding hydrogens is 430 g/mol. The van der Waals surface area contributed by atoms with Crippen molar-refractivity contribution in [3.05, 3.63) is 30.2 Å². The van der Waals surface area contributed by atoms with Gasteiger partial charge in [-0.3, -0.25) is 19.3 Å². The molecule has 2 N–H and O–H groups in total. The molecule has 10 nitrogen and oxygen atoms in total. The molecule has 1 amide bonds. The quantitative estimate of drug-likeness (QED) is 0.518. The van der Waals surface area contributed by atoms with Gasteiger partial charge in [-0.2, -0.15) is 0 Å². The number of rotatable bonds is 3. The number of aliphatic hydroxyl groups is 1. The summed E-state index contributed by atoms with van der Waals surface area (Å²) in [6.07, 6.45) is 3.15. The van der Waals surface area contributed by atoms with E-state index < -0.39 is 5.41 Å². The predicted molar refractivity (Wildman–Crippen MR) is 116 cm³/mol. The fourth-order valence-electron chi connectivity index (χ4n) is 4.97. The van der Waals surface area contributed by atoms with E-state index in [9.17, 15) is 14.7 Å². The number of para-hydroxylation sites is 2. The van der Waals surface area contributed by atoms with Crippen LogP contribution < -0.4 is 0 Å². The first-order valence-corrected chi connectivity index (χ1v) is 11.3. The van der Waals surface area contributed by atoms with Crippen LogP contribution in [-0.4, -0.2) is 88.3 Å². The summed E-state index contributed by atoms with van der Waals surface area (Å²) in [7, 11) is 0. The SMILES string of the molecule is O=C(c1nc2ccccc2o1)N1CCC2(CC1)CC(CN1CCC(O)CC1)OC2=O.O=CO. The minimum Gasteiger partial charge on any atom is -0.483 e. The Morgan fingerprint density at radius 3 is 2.52 bits per heavy atom. The number of fused-ring (bicyclic) bond motifs is 1. The van der Waals surface area contributed by atoms with Crippen LogP contribution >= 0.6 is 0 Å². The van der Waals surface area contributed by atoms with Crippen LogP contribution in [0.25, 0.3) is 11.1 Å². The Bertz CT molecular complexity index is 958. The van der Waals surface area contributed by atoms with Gasteiger partial charge in [0, 0.05) is 39.1 Å². The maximum atomic E-state index is 12.8. The normalized spacial score (nSPS) is 23.2. The Morgan fingerprint density at radius 2 is 1.85 bits per heavy atom. The number of carbonyl (C=O) groups excluding carboxylic acids is 2. The minimum atomic E-state index is -0.488. The number of hydrogen-bond acceptors (Lipinski definition) is 8. The van der Waals surface area contributed by atoms with Gasteiger partial charge in [-0.1, -0.05) is 12.1 Å². The molecule has 3 saturated heterocycles. The highest BCUT2D eigenvalue weighted by atomic mass is 16.6. The first kappa shape index (κ1) is 23.2. The molecule has 1 unspecified atom stereocenters. The van der Waals surface area contributed by atoms with E-state index in [1.807, 2.05) is 18.2 Å². The number of ether oxygens (including phenoxy) is 1. The zero-order valence-electron chi connectivity index (χ0n) is 18.4. The molecule has 0 radical (unpaired) electrons. The van der Waals surface area contributed by atoms with Crippen molar-refractivity contribution in [1.82, 2.24) is 14.8 Å². The number of benzene rings is 1. The average molecular weight is 459 g/mol. The number of carboxylic acid groups (broad SMARTS) is 1. The molecule has 3 aliphatic heterocycles. The van der Waals surface area contributed by atoms with Crippen molar-refractivity contribution in [3.8, 4) is 0 Å². The van der Waals surface area contributed by atoms with Crippen molar-refractivity contribution in [2.45, 2.75) is 44.3 Å². The average Bonchev–Trinajstić information content (AvgIpc) is 3.37. The third-order valence-corrected chi connectivity index (χ3v) is 6.83. The largest absolute Gasteiger partial charge is 0.483 e. The van der Waals surface area contributed by atoms with E-state index in [2.05, 4.69) is 9.88 Å². The monoisotopic (exact) mass is 459 g/mol. The van der Waals surface area contributed by atoms with E-state index >= 15 is 0 Å². The molecule has 5 rings (SSSR count). The third kappa shape index (κ3) is 5.01. The highest BCUT2D eigenvalue weighted by Crippen LogP contribution is 2.43. The Hall–Kier alpha value is -2.98. The van der Waals surface area contributed by atoms with Gasteiger partial charge in [0.25, 0.3) is 12.4 Å². The van der Waals surface area contributed by atoms with Crippen molar-refractivity contribution in [3.63, 3.8) is 0 Å². The molecule has 33 heavy (non-hydrogen) atoms. The van der Waals surface area contributed by atoms with Crippen LogP contribution in [0.5, 0.6) is 0 Å². The van der Waals surface area contributed by atoms with Crippen LogP contribution in [0.2, 0.25) is 0 Å². The van der Waals surface area contributed by atoms with Gasteiger partial charge in [0.05, 0.1) is 11.5 Å². The molecule has 3 aliphatic rings. The highest BCUT2D eigenvalue weighted by Gasteiger charge is 2.51. The Labute approximate surface area is 191 Å². The van der Waals surface area contributed by atoms with E-state index in [1.165, 1.54) is 0 Å². The summed E-state index contributed by atoms with van der Waals surface area (Å²) >= 11 is 0. The molecule has 4 heterocycles. The number of carbonyl (C=O) groups is 3. The molecule has 0 bridgehead atoms. The number of aromatic nitrogens is 1. The standard InChI is InChI=1S/C22H27N3O5.CH2O2/c26-15-5-9-24(10-6-15)14-16-13-22(21(28)29-16)7-11-25(12-8-22)20(27)19-23-17-3-1-2-4-18(17)30-19;2-1-3/h1-4,15-16,26H,5-14H2;1H,(H,2,3). The Kier molecular flexibility index (Phi) is 6.94. The molecule has 1 aromatic heterocycles. The second kappa shape index (κ2) is 9.88. The Morgan fingerprint density at radius 1 is 1.18 bits per heavy atom. The van der Waals surface area contributed by atoms with Gasteiger partial charge in [-0.15, -0.1) is 0 Å². The number of oxazole rings is 1. The predicted octanol–water partition coefficient (Wildman–Crippen LogP) is 1.52. The topological polar surface area (TPSA) is 133 Å². The first-order chi connectivity index (χ1) is 15.9. The van der Waals surface area contributed by atoms with E-state index in [1.54, 1.807) is 11.0 Å². The number of aliphatic hydroxyl groups excluding tert-OH is 1. The fourth-order valence-corrected chi connectivity index (χ4v) is 4.97. The maximum absolute atomic E-state index is 12.8. The van der Waals surface area contributed by atoms with E-state index in [4.69, 9.17) is 19.1 Å². The van der Waals surface area contributed by atoms with Gasteiger partial charge in [-0.25, -0.2) is 4.98 Å². The second-order valence-corrected chi connectivity index (χ2v) is 8.93. The van der Waals surface area contributed by atoms with E-state index in [0.717, 1.165) is 32.5 Å². The number of likely N-dealkylation sites (tertiary alicyclic amines) is 2. The molecular formula is C23H29N3O7. The molecule has 10 heteroatoms. The van der Waals surface area contributed by atoms with Gasteiger partial charge in [-0.05, 0) is 37.8 Å². The number of amides is 1. The van der Waals surface area contributed by atoms with Crippen LogP contribution in [0.1, 0.15) is 42.8 Å². The molecule has 1 aromatic carbocycles. The van der Waals surface area contributed by atoms with E-state index in [0.29, 0.717) is 43.5 Å². The van der Waals surface area contributed by atoms with Gasteiger partial charge in [0.1, 0.15) is 11.6 Å². The highest BCUT2D eigenvalue weighted by molar-refractivity contribution is 5.92. The third-order valence-electron chi connectivity index (χ3n) is 6.83. The van der Waals surface area contributed by atoms with Crippen molar-refractivity contribution in [2.24, 2.45) is 5.41 Å². The number of hydrogen-bond donors (Lipinski definition) is 2. The first-order valence-electron chi connectivity index (χ1n) is 11.3. The lowest BCUT2D eigenvalue weighted by molar-refractivity contribution is -0.151. The van der Waals surface area contributed by atoms with Crippen LogP contribution in [-0.2, 0) is 14.3 Å². The fraction of sp³-hybridized carbons (Fsp3) is 0.565. The lowest BCUT2D eigenvalue weighted by Gasteiger charge is -2.36. The second-order valence-electron chi connectivity index (χ2n) is 8.93. The lowest BCUT2D eigenvalue weighted by Crippen LogP contribution is -2.45. The number of piperidine rings is 2. The van der Waals surface area contributed by atoms with Crippen LogP contribution in [0.3, 0.4) is 0 Å². The van der Waals surface area contributed by atoms with Crippen LogP contribution in [0, 0.1) is 5.41 Å². The molecule has 178 valence electrons. The maximum Gasteiger partial charge on any atom is 0.312 e. The molecule has 1 spiro atoms. The van der Waals surface area contributed by atoms with E-state index in [-0.39, 0.29) is 36.4 Å². The summed E-state index contributed by atoms with van der Waals surface area (Å²) in [4.78, 5) is 42.2. The summed E-state index contributed by atoms with van der Waals surface area (Å²) < 4.78 is 11.3. The minimum absolute atomic E-state index is 0.103. The summed E-state index contributed by atoms with van der Waals surface area (Å²) in [5.74, 6) is -0.249. The molecule has 1 atom stereocenters. The van der Waals surface area contributed by atoms with Gasteiger partial charge in [0.15, 0.2) is 5.58 Å². The lowest BCUT2D eigenvalue weighted by atomic mass is 9.76. The molecule has 2 aromatic rings. The van der Waals surface area contributed by atoms with Gasteiger partial charge < -0.3 is 24.3 Å². The summed E-state index contributed by atoms with van der Waals surface area (Å²) in [6.45, 7) is 3.15. The molecule has 3 fully saturated rings. The van der Waals surface area contributed by atoms with Crippen molar-refractivity contribution >= 4 is 29.4 Å². The van der Waals surface area contributed by atoms with Crippen LogP contribution in [0.15, 0.2) is 28.7 Å². The van der Waals surface area contributed by atoms with Crippen molar-refractivity contribution in [2.75, 3.05) is 32.7 Å². The number of nitrogens with zero attached hydrogens (tertiary/aromatic N) is 3. The zero-order valence-corrected chi connectivity index (χ0v) is 18.4. The van der Waals surface area contributed by atoms with Gasteiger partial charge >= 0.3 is 11.9 Å². The molecule has 0 saturated carbocycles. The smallest absolute Gasteiger partial charge is 0.312 e. The summed E-state index contributed by atoms with van der Waals surface area (Å²) in [6, 6.07) is 7.32. The summed E-state index contributed by atoms with van der Waals surface area (Å²) in [5, 5.41) is 16.6. The van der Waals surface area contributed by atoms with Crippen molar-refractivity contribution in [1.29, 1.82) is 0 Å². The van der Waals surface area contributed by atoms with Crippen LogP contribution in [0.4, 0.5) is 0 Å². The Balaban J connectivity index is 0.000000821. The summed E-state index contributed by atoms with van der Waals surface area (Å²) in [5.41, 5.74) is 0.779. The number of esters is 1.